The van der Waals surface area contributed by atoms with Crippen LogP contribution in [0.5, 0.6) is 0 Å². The van der Waals surface area contributed by atoms with Crippen LogP contribution in [-0.4, -0.2) is 36.5 Å². The molecular formula is C17H16ClN5O3. The van der Waals surface area contributed by atoms with Crippen molar-refractivity contribution < 1.29 is 14.7 Å². The maximum atomic E-state index is 12.3. The van der Waals surface area contributed by atoms with Crippen molar-refractivity contribution in [2.24, 2.45) is 0 Å². The molecule has 8 nitrogen and oxygen atoms in total. The van der Waals surface area contributed by atoms with Gasteiger partial charge in [-0.2, -0.15) is 10.2 Å². The largest absolute Gasteiger partial charge is 0.481 e. The summed E-state index contributed by atoms with van der Waals surface area (Å²) in [4.78, 5) is 22.9. The molecule has 0 aliphatic carbocycles. The Hall–Kier alpha value is -3.13. The second kappa shape index (κ2) is 7.83. The average molecular weight is 374 g/mol. The molecule has 0 fully saturated rings. The van der Waals surface area contributed by atoms with Gasteiger partial charge in [0.25, 0.3) is 5.91 Å². The fraction of sp³-hybridized carbons (Fsp3) is 0.176. The zero-order valence-electron chi connectivity index (χ0n) is 13.7. The van der Waals surface area contributed by atoms with Gasteiger partial charge >= 0.3 is 5.97 Å². The van der Waals surface area contributed by atoms with Crippen molar-refractivity contribution in [1.82, 2.24) is 19.6 Å². The van der Waals surface area contributed by atoms with Gasteiger partial charge in [0.2, 0.25) is 0 Å². The van der Waals surface area contributed by atoms with E-state index in [2.05, 4.69) is 15.5 Å². The van der Waals surface area contributed by atoms with Gasteiger partial charge in [0, 0.05) is 18.1 Å². The third kappa shape index (κ3) is 4.70. The van der Waals surface area contributed by atoms with Crippen LogP contribution in [0, 0.1) is 0 Å². The van der Waals surface area contributed by atoms with Gasteiger partial charge < -0.3 is 10.4 Å². The lowest BCUT2D eigenvalue weighted by molar-refractivity contribution is -0.137. The summed E-state index contributed by atoms with van der Waals surface area (Å²) in [6, 6.07) is 8.92. The van der Waals surface area contributed by atoms with Crippen LogP contribution >= 0.6 is 11.6 Å². The molecule has 0 radical (unpaired) electrons. The number of aryl methyl sites for hydroxylation is 1. The van der Waals surface area contributed by atoms with Crippen molar-refractivity contribution >= 4 is 29.2 Å². The van der Waals surface area contributed by atoms with Crippen LogP contribution < -0.4 is 5.32 Å². The number of carbonyl (C=O) groups is 2. The van der Waals surface area contributed by atoms with E-state index in [9.17, 15) is 9.59 Å². The van der Waals surface area contributed by atoms with E-state index in [-0.39, 0.29) is 24.6 Å². The van der Waals surface area contributed by atoms with E-state index in [4.69, 9.17) is 16.7 Å². The molecule has 2 heterocycles. The highest BCUT2D eigenvalue weighted by atomic mass is 35.5. The summed E-state index contributed by atoms with van der Waals surface area (Å²) in [5.74, 6) is -1.28. The summed E-state index contributed by atoms with van der Waals surface area (Å²) in [5, 5.41) is 20.2. The summed E-state index contributed by atoms with van der Waals surface area (Å²) < 4.78 is 3.13. The highest BCUT2D eigenvalue weighted by molar-refractivity contribution is 6.30. The van der Waals surface area contributed by atoms with E-state index in [0.29, 0.717) is 17.3 Å². The van der Waals surface area contributed by atoms with Crippen molar-refractivity contribution in [3.8, 4) is 0 Å². The van der Waals surface area contributed by atoms with Crippen LogP contribution in [-0.2, 0) is 17.9 Å². The number of amides is 1. The van der Waals surface area contributed by atoms with Gasteiger partial charge in [-0.3, -0.25) is 19.0 Å². The number of carbonyl (C=O) groups excluding carboxylic acids is 1. The van der Waals surface area contributed by atoms with Gasteiger partial charge in [-0.05, 0) is 23.8 Å². The molecule has 0 unspecified atom stereocenters. The summed E-state index contributed by atoms with van der Waals surface area (Å²) in [6.07, 6.45) is 4.81. The number of nitrogens with one attached hydrogen (secondary N) is 1. The molecule has 2 N–H and O–H groups in total. The van der Waals surface area contributed by atoms with Crippen molar-refractivity contribution in [1.29, 1.82) is 0 Å². The second-order valence-corrected chi connectivity index (χ2v) is 6.05. The molecule has 2 aromatic heterocycles. The molecule has 0 aliphatic rings. The maximum absolute atomic E-state index is 12.3. The zero-order chi connectivity index (χ0) is 18.5. The highest BCUT2D eigenvalue weighted by Crippen LogP contribution is 2.14. The molecule has 3 rings (SSSR count). The van der Waals surface area contributed by atoms with Crippen LogP contribution in [0.15, 0.2) is 48.9 Å². The fourth-order valence-electron chi connectivity index (χ4n) is 2.37. The van der Waals surface area contributed by atoms with E-state index in [0.717, 1.165) is 5.56 Å². The molecule has 134 valence electrons. The minimum atomic E-state index is -0.915. The predicted molar refractivity (Wildman–Crippen MR) is 95.2 cm³/mol. The first-order chi connectivity index (χ1) is 12.5. The van der Waals surface area contributed by atoms with Crippen molar-refractivity contribution in [2.45, 2.75) is 19.5 Å². The zero-order valence-corrected chi connectivity index (χ0v) is 14.4. The van der Waals surface area contributed by atoms with Crippen LogP contribution in [0.25, 0.3) is 0 Å². The molecule has 0 saturated carbocycles. The smallest absolute Gasteiger partial charge is 0.305 e. The number of aliphatic carboxylic acids is 1. The number of carboxylic acids is 1. The number of nitrogens with zero attached hydrogens (tertiary/aromatic N) is 4. The summed E-state index contributed by atoms with van der Waals surface area (Å²) in [5.41, 5.74) is 1.81. The lowest BCUT2D eigenvalue weighted by Gasteiger charge is -2.07. The molecule has 0 atom stereocenters. The maximum Gasteiger partial charge on any atom is 0.305 e. The Bertz CT molecular complexity index is 934. The predicted octanol–water partition coefficient (Wildman–Crippen LogP) is 2.51. The number of benzene rings is 1. The fourth-order valence-corrected chi connectivity index (χ4v) is 2.53. The lowest BCUT2D eigenvalue weighted by Crippen LogP contribution is -2.14. The number of carboxylic acid groups (broad SMARTS) is 1. The molecule has 0 saturated heterocycles. The molecule has 1 amide bonds. The Morgan fingerprint density at radius 2 is 2.08 bits per heavy atom. The van der Waals surface area contributed by atoms with Crippen LogP contribution in [0.4, 0.5) is 5.69 Å². The minimum absolute atomic E-state index is 0.0533. The van der Waals surface area contributed by atoms with E-state index >= 15 is 0 Å². The molecule has 0 bridgehead atoms. The number of aromatic nitrogens is 4. The van der Waals surface area contributed by atoms with Gasteiger partial charge in [-0.25, -0.2) is 0 Å². The van der Waals surface area contributed by atoms with Gasteiger partial charge in [-0.1, -0.05) is 23.7 Å². The van der Waals surface area contributed by atoms with E-state index in [1.165, 1.54) is 4.68 Å². The molecular weight excluding hydrogens is 358 g/mol. The SMILES string of the molecule is O=C(O)CCn1ccc(C(=O)Nc2cccc(Cn3cc(Cl)cn3)c2)n1. The van der Waals surface area contributed by atoms with Gasteiger partial charge in [0.15, 0.2) is 5.69 Å². The van der Waals surface area contributed by atoms with Crippen LogP contribution in [0.3, 0.4) is 0 Å². The standard InChI is InChI=1S/C17H16ClN5O3/c18-13-9-19-23(11-13)10-12-2-1-3-14(8-12)20-17(26)15-4-6-22(21-15)7-5-16(24)25/h1-4,6,8-9,11H,5,7,10H2,(H,20,26)(H,24,25). The Balaban J connectivity index is 1.64. The minimum Gasteiger partial charge on any atom is -0.481 e. The Morgan fingerprint density at radius 1 is 1.23 bits per heavy atom. The third-order valence-corrected chi connectivity index (χ3v) is 3.75. The van der Waals surface area contributed by atoms with Gasteiger partial charge in [-0.15, -0.1) is 0 Å². The van der Waals surface area contributed by atoms with Gasteiger partial charge in [0.1, 0.15) is 0 Å². The molecule has 3 aromatic rings. The Labute approximate surface area is 154 Å². The summed E-state index contributed by atoms with van der Waals surface area (Å²) in [7, 11) is 0. The normalized spacial score (nSPS) is 10.7. The molecule has 1 aromatic carbocycles. The Morgan fingerprint density at radius 3 is 2.81 bits per heavy atom. The average Bonchev–Trinajstić information content (AvgIpc) is 3.22. The monoisotopic (exact) mass is 373 g/mol. The van der Waals surface area contributed by atoms with Crippen molar-refractivity contribution in [2.75, 3.05) is 5.32 Å². The molecule has 26 heavy (non-hydrogen) atoms. The van der Waals surface area contributed by atoms with E-state index in [1.54, 1.807) is 35.4 Å². The van der Waals surface area contributed by atoms with Crippen molar-refractivity contribution in [3.05, 3.63) is 65.2 Å². The molecule has 0 aliphatic heterocycles. The molecule has 9 heteroatoms. The quantitative estimate of drug-likeness (QED) is 0.662. The van der Waals surface area contributed by atoms with E-state index in [1.807, 2.05) is 18.2 Å². The first-order valence-corrected chi connectivity index (χ1v) is 8.21. The van der Waals surface area contributed by atoms with Gasteiger partial charge in [0.05, 0.1) is 30.7 Å². The number of hydrogen-bond donors (Lipinski definition) is 2. The van der Waals surface area contributed by atoms with E-state index < -0.39 is 5.97 Å². The number of rotatable bonds is 7. The Kier molecular flexibility index (Phi) is 5.33. The van der Waals surface area contributed by atoms with Crippen LogP contribution in [0.1, 0.15) is 22.5 Å². The first kappa shape index (κ1) is 17.7. The molecule has 0 spiro atoms. The topological polar surface area (TPSA) is 102 Å². The van der Waals surface area contributed by atoms with Crippen LogP contribution in [0.2, 0.25) is 5.02 Å². The highest BCUT2D eigenvalue weighted by Gasteiger charge is 2.11. The first-order valence-electron chi connectivity index (χ1n) is 7.83. The number of halogens is 1. The van der Waals surface area contributed by atoms with Crippen molar-refractivity contribution in [3.63, 3.8) is 0 Å². The number of hydrogen-bond acceptors (Lipinski definition) is 4. The summed E-state index contributed by atoms with van der Waals surface area (Å²) >= 11 is 5.85. The number of anilines is 1. The third-order valence-electron chi connectivity index (χ3n) is 3.56. The lowest BCUT2D eigenvalue weighted by atomic mass is 10.2. The second-order valence-electron chi connectivity index (χ2n) is 5.62. The summed E-state index contributed by atoms with van der Waals surface area (Å²) in [6.45, 7) is 0.741.